The molecule has 0 amide bonds. The highest BCUT2D eigenvalue weighted by Gasteiger charge is 2.41. The molecule has 1 atom stereocenters. The standard InChI is InChI=1S/C30H32FNO3/c1-20(2)17-22-7-13-28(27(31)18-22)32-16-15-23-19-25(35-4)11-12-26(23)30(32,3)24-9-5-21(6-10-24)8-14-29(33)34/h5-14,18-20H,15-17H2,1-4H3,(H,33,34). The van der Waals surface area contributed by atoms with Crippen molar-refractivity contribution in [3.8, 4) is 5.75 Å². The van der Waals surface area contributed by atoms with Crippen LogP contribution < -0.4 is 9.64 Å². The van der Waals surface area contributed by atoms with Gasteiger partial charge in [0.2, 0.25) is 0 Å². The van der Waals surface area contributed by atoms with E-state index in [2.05, 4.69) is 37.8 Å². The van der Waals surface area contributed by atoms with Gasteiger partial charge in [-0.25, -0.2) is 9.18 Å². The van der Waals surface area contributed by atoms with Crippen LogP contribution >= 0.6 is 0 Å². The number of carboxylic acids is 1. The Hall–Kier alpha value is -3.60. The van der Waals surface area contributed by atoms with Crippen LogP contribution in [-0.4, -0.2) is 24.7 Å². The molecule has 5 heteroatoms. The van der Waals surface area contributed by atoms with Crippen LogP contribution in [0.25, 0.3) is 6.08 Å². The molecule has 0 spiro atoms. The van der Waals surface area contributed by atoms with E-state index in [1.807, 2.05) is 42.5 Å². The number of hydrogen-bond donors (Lipinski definition) is 1. The monoisotopic (exact) mass is 473 g/mol. The summed E-state index contributed by atoms with van der Waals surface area (Å²) in [6.07, 6.45) is 4.30. The Labute approximate surface area is 206 Å². The van der Waals surface area contributed by atoms with Crippen LogP contribution in [0.3, 0.4) is 0 Å². The summed E-state index contributed by atoms with van der Waals surface area (Å²) in [5.74, 6) is 0.0556. The number of fused-ring (bicyclic) bond motifs is 1. The van der Waals surface area contributed by atoms with Gasteiger partial charge in [0.1, 0.15) is 11.6 Å². The Balaban J connectivity index is 1.83. The Morgan fingerprint density at radius 3 is 2.51 bits per heavy atom. The van der Waals surface area contributed by atoms with Crippen LogP contribution in [0.2, 0.25) is 0 Å². The van der Waals surface area contributed by atoms with Crippen LogP contribution in [0, 0.1) is 11.7 Å². The first-order chi connectivity index (χ1) is 16.7. The molecule has 0 saturated carbocycles. The fraction of sp³-hybridized carbons (Fsp3) is 0.300. The van der Waals surface area contributed by atoms with Gasteiger partial charge in [0.05, 0.1) is 18.3 Å². The number of carboxylic acid groups (broad SMARTS) is 1. The van der Waals surface area contributed by atoms with Gasteiger partial charge in [0, 0.05) is 12.6 Å². The molecule has 4 rings (SSSR count). The number of benzene rings is 3. The summed E-state index contributed by atoms with van der Waals surface area (Å²) in [7, 11) is 1.66. The minimum absolute atomic E-state index is 0.215. The highest BCUT2D eigenvalue weighted by atomic mass is 19.1. The molecule has 1 aliphatic rings. The molecular weight excluding hydrogens is 441 g/mol. The average Bonchev–Trinajstić information content (AvgIpc) is 2.83. The maximum atomic E-state index is 15.6. The van der Waals surface area contributed by atoms with Crippen LogP contribution in [0.4, 0.5) is 10.1 Å². The smallest absolute Gasteiger partial charge is 0.328 e. The van der Waals surface area contributed by atoms with Crippen molar-refractivity contribution < 1.29 is 19.0 Å². The van der Waals surface area contributed by atoms with Crippen LogP contribution in [0.15, 0.2) is 66.7 Å². The molecule has 4 nitrogen and oxygen atoms in total. The van der Waals surface area contributed by atoms with Gasteiger partial charge in [0.25, 0.3) is 0 Å². The van der Waals surface area contributed by atoms with Gasteiger partial charge < -0.3 is 14.7 Å². The van der Waals surface area contributed by atoms with Crippen molar-refractivity contribution in [1.82, 2.24) is 0 Å². The molecule has 1 N–H and O–H groups in total. The van der Waals surface area contributed by atoms with E-state index >= 15 is 4.39 Å². The van der Waals surface area contributed by atoms with Gasteiger partial charge in [0.15, 0.2) is 0 Å². The van der Waals surface area contributed by atoms with Crippen molar-refractivity contribution in [2.45, 2.75) is 39.2 Å². The van der Waals surface area contributed by atoms with Gasteiger partial charge in [-0.3, -0.25) is 0 Å². The van der Waals surface area contributed by atoms with E-state index in [1.54, 1.807) is 19.3 Å². The maximum absolute atomic E-state index is 15.6. The molecule has 0 aromatic heterocycles. The third-order valence-electron chi connectivity index (χ3n) is 6.82. The number of rotatable bonds is 7. The summed E-state index contributed by atoms with van der Waals surface area (Å²) >= 11 is 0. The van der Waals surface area contributed by atoms with Crippen molar-refractivity contribution in [3.05, 3.63) is 100 Å². The molecule has 0 aliphatic carbocycles. The molecule has 3 aromatic rings. The number of methoxy groups -OCH3 is 1. The van der Waals surface area contributed by atoms with E-state index in [-0.39, 0.29) is 5.82 Å². The Bertz CT molecular complexity index is 1250. The average molecular weight is 474 g/mol. The second kappa shape index (κ2) is 9.95. The molecule has 1 aliphatic heterocycles. The number of ether oxygens (including phenoxy) is 1. The van der Waals surface area contributed by atoms with Crippen molar-refractivity contribution >= 4 is 17.7 Å². The van der Waals surface area contributed by atoms with E-state index in [4.69, 9.17) is 9.84 Å². The van der Waals surface area contributed by atoms with Gasteiger partial charge in [-0.15, -0.1) is 0 Å². The van der Waals surface area contributed by atoms with E-state index in [0.29, 0.717) is 18.2 Å². The number of hydrogen-bond acceptors (Lipinski definition) is 3. The summed E-state index contributed by atoms with van der Waals surface area (Å²) in [5.41, 5.74) is 5.02. The predicted octanol–water partition coefficient (Wildman–Crippen LogP) is 6.46. The lowest BCUT2D eigenvalue weighted by Gasteiger charge is -2.48. The molecule has 0 radical (unpaired) electrons. The second-order valence-electron chi connectivity index (χ2n) is 9.67. The lowest BCUT2D eigenvalue weighted by atomic mass is 9.76. The normalized spacial score (nSPS) is 17.6. The predicted molar refractivity (Wildman–Crippen MR) is 139 cm³/mol. The van der Waals surface area contributed by atoms with Crippen molar-refractivity contribution in [3.63, 3.8) is 0 Å². The zero-order valence-electron chi connectivity index (χ0n) is 20.7. The van der Waals surface area contributed by atoms with Gasteiger partial charge >= 0.3 is 5.97 Å². The van der Waals surface area contributed by atoms with E-state index in [9.17, 15) is 4.79 Å². The Morgan fingerprint density at radius 2 is 1.89 bits per heavy atom. The highest BCUT2D eigenvalue weighted by Crippen LogP contribution is 2.45. The fourth-order valence-corrected chi connectivity index (χ4v) is 5.11. The Kier molecular flexibility index (Phi) is 6.97. The molecule has 0 fully saturated rings. The number of halogens is 1. The number of anilines is 1. The molecule has 1 heterocycles. The molecule has 35 heavy (non-hydrogen) atoms. The summed E-state index contributed by atoms with van der Waals surface area (Å²) in [5, 5.41) is 8.94. The first kappa shape index (κ1) is 24.5. The maximum Gasteiger partial charge on any atom is 0.328 e. The molecule has 182 valence electrons. The molecule has 3 aromatic carbocycles. The zero-order valence-corrected chi connectivity index (χ0v) is 20.7. The molecule has 1 unspecified atom stereocenters. The van der Waals surface area contributed by atoms with Crippen molar-refractivity contribution in [2.75, 3.05) is 18.6 Å². The first-order valence-corrected chi connectivity index (χ1v) is 12.0. The van der Waals surface area contributed by atoms with E-state index in [0.717, 1.165) is 46.9 Å². The molecular formula is C30H32FNO3. The summed E-state index contributed by atoms with van der Waals surface area (Å²) in [6.45, 7) is 7.04. The summed E-state index contributed by atoms with van der Waals surface area (Å²) in [4.78, 5) is 13.1. The zero-order chi connectivity index (χ0) is 25.2. The quantitative estimate of drug-likeness (QED) is 0.400. The van der Waals surface area contributed by atoms with Gasteiger partial charge in [-0.1, -0.05) is 50.2 Å². The number of aliphatic carboxylic acids is 1. The number of nitrogens with zero attached hydrogens (tertiary/aromatic N) is 1. The van der Waals surface area contributed by atoms with Crippen LogP contribution in [0.1, 0.15) is 48.6 Å². The molecule has 0 bridgehead atoms. The largest absolute Gasteiger partial charge is 0.497 e. The highest BCUT2D eigenvalue weighted by molar-refractivity contribution is 5.85. The second-order valence-corrected chi connectivity index (χ2v) is 9.67. The van der Waals surface area contributed by atoms with Gasteiger partial charge in [-0.05, 0) is 83.8 Å². The Morgan fingerprint density at radius 1 is 1.14 bits per heavy atom. The topological polar surface area (TPSA) is 49.8 Å². The third-order valence-corrected chi connectivity index (χ3v) is 6.82. The van der Waals surface area contributed by atoms with E-state index in [1.165, 1.54) is 5.56 Å². The van der Waals surface area contributed by atoms with Crippen LogP contribution in [-0.2, 0) is 23.2 Å². The number of carbonyl (C=O) groups is 1. The van der Waals surface area contributed by atoms with Crippen molar-refractivity contribution in [2.24, 2.45) is 5.92 Å². The third kappa shape index (κ3) is 4.95. The fourth-order valence-electron chi connectivity index (χ4n) is 5.11. The lowest BCUT2D eigenvalue weighted by molar-refractivity contribution is -0.131. The summed E-state index contributed by atoms with van der Waals surface area (Å²) < 4.78 is 21.0. The minimum Gasteiger partial charge on any atom is -0.497 e. The molecule has 0 saturated heterocycles. The SMILES string of the molecule is COc1ccc2c(c1)CCN(c1ccc(CC(C)C)cc1F)C2(C)c1ccc(C=CC(=O)O)cc1. The van der Waals surface area contributed by atoms with Gasteiger partial charge in [-0.2, -0.15) is 0 Å². The first-order valence-electron chi connectivity index (χ1n) is 12.0. The van der Waals surface area contributed by atoms with Crippen LogP contribution in [0.5, 0.6) is 5.75 Å². The summed E-state index contributed by atoms with van der Waals surface area (Å²) in [6, 6.07) is 19.5. The minimum atomic E-state index is -0.987. The van der Waals surface area contributed by atoms with Crippen molar-refractivity contribution in [1.29, 1.82) is 0 Å². The lowest BCUT2D eigenvalue weighted by Crippen LogP contribution is -2.50. The van der Waals surface area contributed by atoms with E-state index < -0.39 is 11.5 Å².